The lowest BCUT2D eigenvalue weighted by atomic mass is 10.3. The molecule has 21 heavy (non-hydrogen) atoms. The number of aliphatic carboxylic acids is 1. The van der Waals surface area contributed by atoms with E-state index < -0.39 is 5.97 Å². The van der Waals surface area contributed by atoms with Crippen LogP contribution in [0.3, 0.4) is 0 Å². The van der Waals surface area contributed by atoms with Gasteiger partial charge in [0, 0.05) is 38.3 Å². The van der Waals surface area contributed by atoms with Crippen molar-refractivity contribution in [2.24, 2.45) is 7.05 Å². The maximum absolute atomic E-state index is 10.7. The third kappa shape index (κ3) is 3.26. The minimum Gasteiger partial charge on any atom is -0.481 e. The van der Waals surface area contributed by atoms with Gasteiger partial charge in [-0.1, -0.05) is 11.8 Å². The van der Waals surface area contributed by atoms with Crippen molar-refractivity contribution in [2.75, 3.05) is 5.75 Å². The monoisotopic (exact) mass is 307 g/mol. The van der Waals surface area contributed by atoms with Crippen molar-refractivity contribution in [3.63, 3.8) is 0 Å². The van der Waals surface area contributed by atoms with E-state index in [9.17, 15) is 4.79 Å². The maximum atomic E-state index is 10.7. The van der Waals surface area contributed by atoms with Gasteiger partial charge < -0.3 is 14.2 Å². The number of carbonyl (C=O) groups is 1. The first-order valence-electron chi connectivity index (χ1n) is 6.89. The summed E-state index contributed by atoms with van der Waals surface area (Å²) in [4.78, 5) is 15.1. The fourth-order valence-electron chi connectivity index (χ4n) is 2.24. The molecule has 0 saturated heterocycles. The number of carboxylic acids is 1. The Morgan fingerprint density at radius 1 is 1.48 bits per heavy atom. The van der Waals surface area contributed by atoms with E-state index in [1.807, 2.05) is 17.8 Å². The summed E-state index contributed by atoms with van der Waals surface area (Å²) in [7, 11) is 1.97. The summed E-state index contributed by atoms with van der Waals surface area (Å²) in [5, 5.41) is 17.9. The Labute approximate surface area is 126 Å². The van der Waals surface area contributed by atoms with Crippen LogP contribution in [-0.4, -0.2) is 41.1 Å². The molecule has 0 aliphatic heterocycles. The number of aryl methyl sites for hydroxylation is 2. The van der Waals surface area contributed by atoms with Gasteiger partial charge in [-0.05, 0) is 12.8 Å². The topological polar surface area (TPSA) is 85.8 Å². The highest BCUT2D eigenvalue weighted by Gasteiger charge is 2.30. The first kappa shape index (κ1) is 14.1. The summed E-state index contributed by atoms with van der Waals surface area (Å²) in [6.07, 6.45) is 6.77. The normalized spacial score (nSPS) is 14.5. The molecule has 0 amide bonds. The molecule has 7 nitrogen and oxygen atoms in total. The lowest BCUT2D eigenvalue weighted by Gasteiger charge is -2.09. The van der Waals surface area contributed by atoms with Crippen molar-refractivity contribution in [1.29, 1.82) is 0 Å². The van der Waals surface area contributed by atoms with Crippen molar-refractivity contribution < 1.29 is 9.90 Å². The van der Waals surface area contributed by atoms with Crippen LogP contribution in [0.2, 0.25) is 0 Å². The Kier molecular flexibility index (Phi) is 3.96. The number of hydrogen-bond donors (Lipinski definition) is 1. The first-order chi connectivity index (χ1) is 10.1. The third-order valence-corrected chi connectivity index (χ3v) is 4.44. The molecule has 1 fully saturated rings. The predicted octanol–water partition coefficient (Wildman–Crippen LogP) is 1.31. The van der Waals surface area contributed by atoms with Crippen molar-refractivity contribution in [3.8, 4) is 0 Å². The summed E-state index contributed by atoms with van der Waals surface area (Å²) in [5.74, 6) is 1.63. The fraction of sp³-hybridized carbons (Fsp3) is 0.538. The highest BCUT2D eigenvalue weighted by molar-refractivity contribution is 7.99. The van der Waals surface area contributed by atoms with Gasteiger partial charge >= 0.3 is 5.97 Å². The summed E-state index contributed by atoms with van der Waals surface area (Å²) < 4.78 is 4.05. The van der Waals surface area contributed by atoms with E-state index >= 15 is 0 Å². The molecular weight excluding hydrogens is 290 g/mol. The van der Waals surface area contributed by atoms with E-state index in [2.05, 4.69) is 19.7 Å². The molecule has 3 rings (SSSR count). The van der Waals surface area contributed by atoms with Crippen LogP contribution in [0.15, 0.2) is 17.6 Å². The second-order valence-corrected chi connectivity index (χ2v) is 6.10. The number of rotatable bonds is 7. The third-order valence-electron chi connectivity index (χ3n) is 3.49. The van der Waals surface area contributed by atoms with Crippen LogP contribution in [0.1, 0.15) is 30.4 Å². The average Bonchev–Trinajstić information content (AvgIpc) is 3.09. The zero-order chi connectivity index (χ0) is 14.8. The van der Waals surface area contributed by atoms with E-state index in [1.165, 1.54) is 11.8 Å². The molecule has 112 valence electrons. The van der Waals surface area contributed by atoms with Crippen molar-refractivity contribution in [2.45, 2.75) is 36.9 Å². The van der Waals surface area contributed by atoms with E-state index in [1.54, 1.807) is 6.20 Å². The largest absolute Gasteiger partial charge is 0.481 e. The summed E-state index contributed by atoms with van der Waals surface area (Å²) >= 11 is 1.23. The minimum absolute atomic E-state index is 0.00516. The molecule has 0 radical (unpaired) electrons. The molecule has 1 N–H and O–H groups in total. The first-order valence-corrected chi connectivity index (χ1v) is 7.87. The number of thioether (sulfide) groups is 1. The quantitative estimate of drug-likeness (QED) is 0.776. The molecule has 2 aromatic rings. The zero-order valence-electron chi connectivity index (χ0n) is 11.8. The van der Waals surface area contributed by atoms with Crippen molar-refractivity contribution in [1.82, 2.24) is 24.3 Å². The van der Waals surface area contributed by atoms with Crippen LogP contribution in [0.4, 0.5) is 0 Å². The fourth-order valence-corrected chi connectivity index (χ4v) is 2.93. The highest BCUT2D eigenvalue weighted by Crippen LogP contribution is 2.40. The lowest BCUT2D eigenvalue weighted by molar-refractivity contribution is -0.133. The van der Waals surface area contributed by atoms with Gasteiger partial charge in [0.05, 0.1) is 5.75 Å². The lowest BCUT2D eigenvalue weighted by Crippen LogP contribution is -2.10. The van der Waals surface area contributed by atoms with Crippen LogP contribution in [-0.2, 0) is 24.8 Å². The summed E-state index contributed by atoms with van der Waals surface area (Å²) in [6, 6.07) is 0. The molecule has 2 heterocycles. The van der Waals surface area contributed by atoms with E-state index in [-0.39, 0.29) is 5.75 Å². The standard InChI is InChI=1S/C13H17N5O2S/c1-17-7-5-14-10(17)4-6-18-12(9-2-3-9)15-16-13(18)21-8-11(19)20/h5,7,9H,2-4,6,8H2,1H3,(H,19,20). The van der Waals surface area contributed by atoms with Crippen molar-refractivity contribution in [3.05, 3.63) is 24.0 Å². The predicted molar refractivity (Wildman–Crippen MR) is 77.3 cm³/mol. The average molecular weight is 307 g/mol. The number of aromatic nitrogens is 5. The number of imidazole rings is 1. The molecule has 2 aromatic heterocycles. The van der Waals surface area contributed by atoms with Crippen LogP contribution in [0, 0.1) is 0 Å². The second-order valence-electron chi connectivity index (χ2n) is 5.15. The summed E-state index contributed by atoms with van der Waals surface area (Å²) in [5.41, 5.74) is 0. The van der Waals surface area contributed by atoms with E-state index in [0.29, 0.717) is 11.1 Å². The molecule has 0 aromatic carbocycles. The van der Waals surface area contributed by atoms with Crippen LogP contribution < -0.4 is 0 Å². The molecule has 0 spiro atoms. The van der Waals surface area contributed by atoms with Gasteiger partial charge in [-0.3, -0.25) is 4.79 Å². The number of carboxylic acid groups (broad SMARTS) is 1. The van der Waals surface area contributed by atoms with Crippen LogP contribution in [0.5, 0.6) is 0 Å². The maximum Gasteiger partial charge on any atom is 0.313 e. The molecule has 1 aliphatic carbocycles. The van der Waals surface area contributed by atoms with Gasteiger partial charge in [-0.25, -0.2) is 4.98 Å². The molecule has 0 atom stereocenters. The highest BCUT2D eigenvalue weighted by atomic mass is 32.2. The Bertz CT molecular complexity index is 647. The summed E-state index contributed by atoms with van der Waals surface area (Å²) in [6.45, 7) is 0.728. The van der Waals surface area contributed by atoms with Gasteiger partial charge in [0.15, 0.2) is 5.16 Å². The zero-order valence-corrected chi connectivity index (χ0v) is 12.6. The Balaban J connectivity index is 1.75. The molecular formula is C13H17N5O2S. The van der Waals surface area contributed by atoms with E-state index in [4.69, 9.17) is 5.11 Å². The number of hydrogen-bond acceptors (Lipinski definition) is 5. The Morgan fingerprint density at radius 2 is 2.29 bits per heavy atom. The van der Waals surface area contributed by atoms with Crippen LogP contribution >= 0.6 is 11.8 Å². The van der Waals surface area contributed by atoms with Gasteiger partial charge in [0.25, 0.3) is 0 Å². The van der Waals surface area contributed by atoms with Gasteiger partial charge in [-0.2, -0.15) is 0 Å². The van der Waals surface area contributed by atoms with Gasteiger partial charge in [0.2, 0.25) is 0 Å². The minimum atomic E-state index is -0.841. The van der Waals surface area contributed by atoms with E-state index in [0.717, 1.165) is 37.5 Å². The molecule has 0 unspecified atom stereocenters. The molecule has 1 aliphatic rings. The Hall–Kier alpha value is -1.83. The van der Waals surface area contributed by atoms with Gasteiger partial charge in [0.1, 0.15) is 11.6 Å². The van der Waals surface area contributed by atoms with Crippen LogP contribution in [0.25, 0.3) is 0 Å². The number of nitrogens with zero attached hydrogens (tertiary/aromatic N) is 5. The SMILES string of the molecule is Cn1ccnc1CCn1c(SCC(=O)O)nnc1C1CC1. The Morgan fingerprint density at radius 3 is 2.90 bits per heavy atom. The molecule has 1 saturated carbocycles. The van der Waals surface area contributed by atoms with Gasteiger partial charge in [-0.15, -0.1) is 10.2 Å². The smallest absolute Gasteiger partial charge is 0.313 e. The molecule has 8 heteroatoms. The molecule has 0 bridgehead atoms. The van der Waals surface area contributed by atoms with Crippen molar-refractivity contribution >= 4 is 17.7 Å². The second kappa shape index (κ2) is 5.88.